The molecule has 0 fully saturated rings. The van der Waals surface area contributed by atoms with Crippen molar-refractivity contribution in [2.75, 3.05) is 0 Å². The summed E-state index contributed by atoms with van der Waals surface area (Å²) in [4.78, 5) is 3.33. The Morgan fingerprint density at radius 3 is 2.15 bits per heavy atom. The highest BCUT2D eigenvalue weighted by molar-refractivity contribution is 5.49. The standard InChI is InChI=1S/C11H8N2/c1-12-10-4-6-11(7-5-10)13-8-2-3-9-13/h2-9H. The molecule has 0 spiro atoms. The molecule has 1 aromatic carbocycles. The molecule has 2 nitrogen and oxygen atoms in total. The topological polar surface area (TPSA) is 9.29 Å². The van der Waals surface area contributed by atoms with Gasteiger partial charge in [0.05, 0.1) is 6.57 Å². The fourth-order valence-corrected chi connectivity index (χ4v) is 1.21. The Labute approximate surface area is 76.9 Å². The molecular weight excluding hydrogens is 160 g/mol. The Bertz CT molecular complexity index is 418. The summed E-state index contributed by atoms with van der Waals surface area (Å²) in [7, 11) is 0. The van der Waals surface area contributed by atoms with Gasteiger partial charge in [0.15, 0.2) is 5.69 Å². The lowest BCUT2D eigenvalue weighted by atomic mass is 10.3. The minimum atomic E-state index is 0.677. The van der Waals surface area contributed by atoms with Gasteiger partial charge in [-0.05, 0) is 24.3 Å². The highest BCUT2D eigenvalue weighted by Gasteiger charge is 1.93. The predicted octanol–water partition coefficient (Wildman–Crippen LogP) is 3.03. The van der Waals surface area contributed by atoms with Crippen molar-refractivity contribution in [2.45, 2.75) is 0 Å². The Kier molecular flexibility index (Phi) is 1.85. The van der Waals surface area contributed by atoms with Gasteiger partial charge >= 0.3 is 0 Å². The number of benzene rings is 1. The first-order valence-electron chi connectivity index (χ1n) is 4.01. The molecule has 0 saturated carbocycles. The van der Waals surface area contributed by atoms with Crippen LogP contribution in [0.3, 0.4) is 0 Å². The van der Waals surface area contributed by atoms with Crippen LogP contribution >= 0.6 is 0 Å². The van der Waals surface area contributed by atoms with E-state index in [1.54, 1.807) is 0 Å². The third-order valence-corrected chi connectivity index (χ3v) is 1.88. The molecule has 62 valence electrons. The van der Waals surface area contributed by atoms with Gasteiger partial charge in [-0.3, -0.25) is 0 Å². The molecular formula is C11H8N2. The van der Waals surface area contributed by atoms with E-state index in [0.717, 1.165) is 5.69 Å². The van der Waals surface area contributed by atoms with Crippen LogP contribution in [0.5, 0.6) is 0 Å². The number of rotatable bonds is 1. The molecule has 0 aliphatic carbocycles. The van der Waals surface area contributed by atoms with E-state index < -0.39 is 0 Å². The lowest BCUT2D eigenvalue weighted by Gasteiger charge is -2.01. The minimum absolute atomic E-state index is 0.677. The van der Waals surface area contributed by atoms with Gasteiger partial charge in [0, 0.05) is 18.1 Å². The molecule has 13 heavy (non-hydrogen) atoms. The van der Waals surface area contributed by atoms with E-state index in [1.165, 1.54) is 0 Å². The van der Waals surface area contributed by atoms with Gasteiger partial charge < -0.3 is 4.57 Å². The van der Waals surface area contributed by atoms with Crippen LogP contribution in [0.15, 0.2) is 48.8 Å². The van der Waals surface area contributed by atoms with E-state index in [0.29, 0.717) is 5.69 Å². The van der Waals surface area contributed by atoms with E-state index >= 15 is 0 Å². The van der Waals surface area contributed by atoms with Gasteiger partial charge in [-0.2, -0.15) is 0 Å². The van der Waals surface area contributed by atoms with Crippen molar-refractivity contribution in [3.8, 4) is 5.69 Å². The third kappa shape index (κ3) is 1.45. The normalized spacial score (nSPS) is 9.46. The van der Waals surface area contributed by atoms with Gasteiger partial charge in [-0.15, -0.1) is 0 Å². The van der Waals surface area contributed by atoms with Crippen LogP contribution in [-0.4, -0.2) is 4.57 Å². The fourth-order valence-electron chi connectivity index (χ4n) is 1.21. The summed E-state index contributed by atoms with van der Waals surface area (Å²) in [5, 5.41) is 0. The lowest BCUT2D eigenvalue weighted by molar-refractivity contribution is 1.08. The van der Waals surface area contributed by atoms with Crippen molar-refractivity contribution in [2.24, 2.45) is 0 Å². The van der Waals surface area contributed by atoms with Crippen molar-refractivity contribution in [1.29, 1.82) is 0 Å². The molecule has 0 N–H and O–H groups in total. The second-order valence-corrected chi connectivity index (χ2v) is 2.72. The molecule has 0 aliphatic rings. The largest absolute Gasteiger partial charge is 0.324 e. The SMILES string of the molecule is [C-]#[N+]c1ccc(-n2cccc2)cc1. The van der Waals surface area contributed by atoms with E-state index in [4.69, 9.17) is 6.57 Å². The second kappa shape index (κ2) is 3.16. The highest BCUT2D eigenvalue weighted by Crippen LogP contribution is 2.15. The first kappa shape index (κ1) is 7.63. The molecule has 0 saturated heterocycles. The summed E-state index contributed by atoms with van der Waals surface area (Å²) in [5.41, 5.74) is 1.76. The molecule has 0 atom stereocenters. The fraction of sp³-hybridized carbons (Fsp3) is 0. The van der Waals surface area contributed by atoms with Crippen molar-refractivity contribution >= 4 is 5.69 Å². The maximum absolute atomic E-state index is 6.81. The maximum atomic E-state index is 6.81. The number of hydrogen-bond acceptors (Lipinski definition) is 0. The van der Waals surface area contributed by atoms with E-state index in [1.807, 2.05) is 53.4 Å². The Hall–Kier alpha value is -2.01. The molecule has 0 radical (unpaired) electrons. The summed E-state index contributed by atoms with van der Waals surface area (Å²) in [6.45, 7) is 6.81. The monoisotopic (exact) mass is 168 g/mol. The van der Waals surface area contributed by atoms with Gasteiger partial charge in [-0.25, -0.2) is 4.85 Å². The van der Waals surface area contributed by atoms with Gasteiger partial charge in [-0.1, -0.05) is 12.1 Å². The van der Waals surface area contributed by atoms with E-state index in [9.17, 15) is 0 Å². The average Bonchev–Trinajstić information content (AvgIpc) is 2.71. The smallest absolute Gasteiger partial charge is 0.187 e. The highest BCUT2D eigenvalue weighted by atomic mass is 14.9. The predicted molar refractivity (Wildman–Crippen MR) is 52.0 cm³/mol. The van der Waals surface area contributed by atoms with Crippen LogP contribution < -0.4 is 0 Å². The summed E-state index contributed by atoms with van der Waals surface area (Å²) in [6.07, 6.45) is 3.96. The van der Waals surface area contributed by atoms with Crippen molar-refractivity contribution in [3.05, 3.63) is 60.2 Å². The molecule has 2 heteroatoms. The Morgan fingerprint density at radius 1 is 1.00 bits per heavy atom. The number of nitrogens with zero attached hydrogens (tertiary/aromatic N) is 2. The van der Waals surface area contributed by atoms with Gasteiger partial charge in [0.25, 0.3) is 0 Å². The van der Waals surface area contributed by atoms with Crippen LogP contribution in [0.25, 0.3) is 10.5 Å². The Balaban J connectivity index is 2.40. The van der Waals surface area contributed by atoms with Crippen molar-refractivity contribution in [3.63, 3.8) is 0 Å². The molecule has 2 aromatic rings. The van der Waals surface area contributed by atoms with E-state index in [-0.39, 0.29) is 0 Å². The van der Waals surface area contributed by atoms with Gasteiger partial charge in [0.1, 0.15) is 0 Å². The van der Waals surface area contributed by atoms with Crippen molar-refractivity contribution in [1.82, 2.24) is 4.57 Å². The summed E-state index contributed by atoms with van der Waals surface area (Å²) < 4.78 is 2.01. The molecule has 0 unspecified atom stereocenters. The zero-order valence-corrected chi connectivity index (χ0v) is 7.01. The van der Waals surface area contributed by atoms with Crippen LogP contribution in [0.2, 0.25) is 0 Å². The number of aromatic nitrogens is 1. The maximum Gasteiger partial charge on any atom is 0.187 e. The summed E-state index contributed by atoms with van der Waals surface area (Å²) >= 11 is 0. The molecule has 1 aromatic heterocycles. The molecule has 0 aliphatic heterocycles. The van der Waals surface area contributed by atoms with Crippen LogP contribution in [0.4, 0.5) is 5.69 Å². The average molecular weight is 168 g/mol. The third-order valence-electron chi connectivity index (χ3n) is 1.88. The zero-order valence-electron chi connectivity index (χ0n) is 7.01. The second-order valence-electron chi connectivity index (χ2n) is 2.72. The quantitative estimate of drug-likeness (QED) is 0.579. The minimum Gasteiger partial charge on any atom is -0.324 e. The zero-order chi connectivity index (χ0) is 9.10. The molecule has 0 amide bonds. The Morgan fingerprint density at radius 2 is 1.62 bits per heavy atom. The summed E-state index contributed by atoms with van der Waals surface area (Å²) in [6, 6.07) is 11.5. The molecule has 0 bridgehead atoms. The van der Waals surface area contributed by atoms with E-state index in [2.05, 4.69) is 4.85 Å². The van der Waals surface area contributed by atoms with Crippen molar-refractivity contribution < 1.29 is 0 Å². The van der Waals surface area contributed by atoms with Gasteiger partial charge in [0.2, 0.25) is 0 Å². The lowest BCUT2D eigenvalue weighted by Crippen LogP contribution is -1.87. The van der Waals surface area contributed by atoms with Crippen LogP contribution in [-0.2, 0) is 0 Å². The first-order valence-corrected chi connectivity index (χ1v) is 4.01. The molecule has 2 rings (SSSR count). The molecule has 1 heterocycles. The van der Waals surface area contributed by atoms with Crippen LogP contribution in [0, 0.1) is 6.57 Å². The first-order chi connectivity index (χ1) is 6.40. The summed E-state index contributed by atoms with van der Waals surface area (Å²) in [5.74, 6) is 0. The van der Waals surface area contributed by atoms with Crippen LogP contribution in [0.1, 0.15) is 0 Å². The number of hydrogen-bond donors (Lipinski definition) is 0.